The van der Waals surface area contributed by atoms with Crippen LogP contribution in [0.2, 0.25) is 0 Å². The van der Waals surface area contributed by atoms with Crippen LogP contribution in [0.15, 0.2) is 24.3 Å². The number of halogens is 1. The Labute approximate surface area is 137 Å². The average molecular weight is 330 g/mol. The zero-order valence-corrected chi connectivity index (χ0v) is 13.9. The first-order valence-corrected chi connectivity index (χ1v) is 6.90. The summed E-state index contributed by atoms with van der Waals surface area (Å²) < 4.78 is 4.95. The van der Waals surface area contributed by atoms with E-state index in [1.807, 2.05) is 13.8 Å². The van der Waals surface area contributed by atoms with Crippen LogP contribution in [0.3, 0.4) is 0 Å². The molecule has 1 atom stereocenters. The van der Waals surface area contributed by atoms with Crippen molar-refractivity contribution in [3.05, 3.63) is 24.3 Å². The van der Waals surface area contributed by atoms with Gasteiger partial charge in [0.15, 0.2) is 0 Å². The second kappa shape index (κ2) is 10.2. The van der Waals surface area contributed by atoms with Crippen molar-refractivity contribution < 1.29 is 14.3 Å². The smallest absolute Gasteiger partial charge is 0.254 e. The molecular weight excluding hydrogens is 306 g/mol. The predicted molar refractivity (Wildman–Crippen MR) is 90.3 cm³/mol. The molecule has 6 nitrogen and oxygen atoms in total. The van der Waals surface area contributed by atoms with Gasteiger partial charge in [-0.3, -0.25) is 9.59 Å². The van der Waals surface area contributed by atoms with Crippen molar-refractivity contribution in [3.8, 4) is 0 Å². The monoisotopic (exact) mass is 329 g/mol. The molecular formula is C15H24ClN3O3. The predicted octanol–water partition coefficient (Wildman–Crippen LogP) is 2.01. The van der Waals surface area contributed by atoms with Crippen LogP contribution in [-0.4, -0.2) is 31.6 Å². The van der Waals surface area contributed by atoms with Crippen LogP contribution >= 0.6 is 12.4 Å². The fourth-order valence-electron chi connectivity index (χ4n) is 1.75. The number of amides is 2. The van der Waals surface area contributed by atoms with Crippen LogP contribution in [0.4, 0.5) is 11.4 Å². The molecule has 0 aliphatic heterocycles. The Morgan fingerprint density at radius 1 is 1.14 bits per heavy atom. The number of benzene rings is 1. The maximum atomic E-state index is 11.8. The van der Waals surface area contributed by atoms with E-state index in [0.717, 1.165) is 0 Å². The molecule has 1 aromatic rings. The fourth-order valence-corrected chi connectivity index (χ4v) is 1.75. The van der Waals surface area contributed by atoms with Gasteiger partial charge in [0.1, 0.15) is 6.10 Å². The lowest BCUT2D eigenvalue weighted by Crippen LogP contribution is -2.35. The van der Waals surface area contributed by atoms with Crippen molar-refractivity contribution >= 4 is 35.6 Å². The number of hydrogen-bond acceptors (Lipinski definition) is 4. The SMILES string of the molecule is COC(CN)C(=O)Nc1ccc(NC(=O)CC(C)C)cc1.Cl. The first kappa shape index (κ1) is 20.4. The summed E-state index contributed by atoms with van der Waals surface area (Å²) in [5, 5.41) is 5.50. The first-order chi connectivity index (χ1) is 9.96. The highest BCUT2D eigenvalue weighted by atomic mass is 35.5. The number of carbonyl (C=O) groups excluding carboxylic acids is 2. The van der Waals surface area contributed by atoms with Crippen molar-refractivity contribution in [1.82, 2.24) is 0 Å². The second-order valence-corrected chi connectivity index (χ2v) is 5.17. The zero-order chi connectivity index (χ0) is 15.8. The highest BCUT2D eigenvalue weighted by molar-refractivity contribution is 5.95. The van der Waals surface area contributed by atoms with Crippen molar-refractivity contribution in [2.75, 3.05) is 24.3 Å². The lowest BCUT2D eigenvalue weighted by atomic mass is 10.1. The lowest BCUT2D eigenvalue weighted by molar-refractivity contribution is -0.125. The van der Waals surface area contributed by atoms with Gasteiger partial charge >= 0.3 is 0 Å². The summed E-state index contributed by atoms with van der Waals surface area (Å²) in [6, 6.07) is 6.90. The van der Waals surface area contributed by atoms with Gasteiger partial charge < -0.3 is 21.1 Å². The number of rotatable bonds is 7. The summed E-state index contributed by atoms with van der Waals surface area (Å²) in [5.41, 5.74) is 6.74. The standard InChI is InChI=1S/C15H23N3O3.ClH/c1-10(2)8-14(19)17-11-4-6-12(7-5-11)18-15(20)13(9-16)21-3;/h4-7,10,13H,8-9,16H2,1-3H3,(H,17,19)(H,18,20);1H. The molecule has 1 rings (SSSR count). The summed E-state index contributed by atoms with van der Waals surface area (Å²) in [4.78, 5) is 23.4. The zero-order valence-electron chi connectivity index (χ0n) is 13.1. The number of methoxy groups -OCH3 is 1. The molecule has 0 bridgehead atoms. The van der Waals surface area contributed by atoms with E-state index in [1.165, 1.54) is 7.11 Å². The molecule has 0 saturated heterocycles. The number of anilines is 2. The van der Waals surface area contributed by atoms with E-state index in [2.05, 4.69) is 10.6 Å². The molecule has 1 unspecified atom stereocenters. The Morgan fingerprint density at radius 3 is 2.05 bits per heavy atom. The molecule has 7 heteroatoms. The molecule has 0 radical (unpaired) electrons. The first-order valence-electron chi connectivity index (χ1n) is 6.90. The summed E-state index contributed by atoms with van der Waals surface area (Å²) in [6.07, 6.45) is -0.194. The van der Waals surface area contributed by atoms with E-state index in [9.17, 15) is 9.59 Å². The highest BCUT2D eigenvalue weighted by Crippen LogP contribution is 2.15. The maximum absolute atomic E-state index is 11.8. The van der Waals surface area contributed by atoms with Gasteiger partial charge in [-0.2, -0.15) is 0 Å². The molecule has 0 saturated carbocycles. The van der Waals surface area contributed by atoms with E-state index < -0.39 is 6.10 Å². The van der Waals surface area contributed by atoms with E-state index in [0.29, 0.717) is 23.7 Å². The molecule has 0 fully saturated rings. The van der Waals surface area contributed by atoms with Gasteiger partial charge in [-0.15, -0.1) is 12.4 Å². The molecule has 0 heterocycles. The fraction of sp³-hybridized carbons (Fsp3) is 0.467. The molecule has 0 aliphatic rings. The van der Waals surface area contributed by atoms with Gasteiger partial charge in [0, 0.05) is 31.5 Å². The Bertz CT molecular complexity index is 473. The van der Waals surface area contributed by atoms with Crippen molar-refractivity contribution in [1.29, 1.82) is 0 Å². The molecule has 1 aromatic carbocycles. The summed E-state index contributed by atoms with van der Waals surface area (Å²) in [7, 11) is 1.43. The number of carbonyl (C=O) groups is 2. The van der Waals surface area contributed by atoms with Crippen LogP contribution in [0.1, 0.15) is 20.3 Å². The number of nitrogens with one attached hydrogen (secondary N) is 2. The maximum Gasteiger partial charge on any atom is 0.254 e. The molecule has 4 N–H and O–H groups in total. The molecule has 0 aliphatic carbocycles. The van der Waals surface area contributed by atoms with Crippen molar-refractivity contribution in [2.45, 2.75) is 26.4 Å². The molecule has 124 valence electrons. The number of nitrogens with two attached hydrogens (primary N) is 1. The Kier molecular flexibility index (Phi) is 9.40. The third-order valence-electron chi connectivity index (χ3n) is 2.82. The number of hydrogen-bond donors (Lipinski definition) is 3. The number of ether oxygens (including phenoxy) is 1. The summed E-state index contributed by atoms with van der Waals surface area (Å²) in [5.74, 6) is -0.00763. The van der Waals surface area contributed by atoms with E-state index in [4.69, 9.17) is 10.5 Å². The van der Waals surface area contributed by atoms with E-state index >= 15 is 0 Å². The van der Waals surface area contributed by atoms with Crippen LogP contribution in [0, 0.1) is 5.92 Å². The minimum Gasteiger partial charge on any atom is -0.370 e. The van der Waals surface area contributed by atoms with Gasteiger partial charge in [-0.05, 0) is 30.2 Å². The molecule has 2 amide bonds. The molecule has 0 spiro atoms. The van der Waals surface area contributed by atoms with Gasteiger partial charge in [0.2, 0.25) is 5.91 Å². The quantitative estimate of drug-likeness (QED) is 0.713. The Balaban J connectivity index is 0.00000441. The largest absolute Gasteiger partial charge is 0.370 e. The lowest BCUT2D eigenvalue weighted by Gasteiger charge is -2.13. The van der Waals surface area contributed by atoms with Gasteiger partial charge in [-0.1, -0.05) is 13.8 Å². The minimum absolute atomic E-state index is 0. The molecule has 0 aromatic heterocycles. The van der Waals surface area contributed by atoms with Gasteiger partial charge in [-0.25, -0.2) is 0 Å². The third kappa shape index (κ3) is 6.89. The summed E-state index contributed by atoms with van der Waals surface area (Å²) in [6.45, 7) is 4.09. The van der Waals surface area contributed by atoms with E-state index in [-0.39, 0.29) is 30.8 Å². The third-order valence-corrected chi connectivity index (χ3v) is 2.82. The topological polar surface area (TPSA) is 93.4 Å². The van der Waals surface area contributed by atoms with Crippen LogP contribution < -0.4 is 16.4 Å². The second-order valence-electron chi connectivity index (χ2n) is 5.17. The average Bonchev–Trinajstić information content (AvgIpc) is 2.41. The van der Waals surface area contributed by atoms with Crippen LogP contribution in [0.5, 0.6) is 0 Å². The highest BCUT2D eigenvalue weighted by Gasteiger charge is 2.15. The van der Waals surface area contributed by atoms with Gasteiger partial charge in [0.25, 0.3) is 5.91 Å². The minimum atomic E-state index is -0.671. The van der Waals surface area contributed by atoms with Crippen molar-refractivity contribution in [2.24, 2.45) is 11.7 Å². The molecule has 22 heavy (non-hydrogen) atoms. The van der Waals surface area contributed by atoms with Crippen LogP contribution in [0.25, 0.3) is 0 Å². The normalized spacial score (nSPS) is 11.5. The van der Waals surface area contributed by atoms with E-state index in [1.54, 1.807) is 24.3 Å². The van der Waals surface area contributed by atoms with Crippen LogP contribution in [-0.2, 0) is 14.3 Å². The summed E-state index contributed by atoms with van der Waals surface area (Å²) >= 11 is 0. The Hall–Kier alpha value is -1.63. The Morgan fingerprint density at radius 2 is 1.64 bits per heavy atom. The van der Waals surface area contributed by atoms with Crippen molar-refractivity contribution in [3.63, 3.8) is 0 Å². The van der Waals surface area contributed by atoms with Gasteiger partial charge in [0.05, 0.1) is 0 Å².